The van der Waals surface area contributed by atoms with E-state index in [0.29, 0.717) is 9.37 Å². The minimum absolute atomic E-state index is 0.637. The van der Waals surface area contributed by atoms with Gasteiger partial charge < -0.3 is 0 Å². The van der Waals surface area contributed by atoms with Crippen LogP contribution in [0, 0.1) is 13.8 Å². The molecule has 11 heteroatoms. The molecule has 0 saturated heterocycles. The molecule has 2 aromatic heterocycles. The Morgan fingerprint density at radius 2 is 1.05 bits per heavy atom. The second-order valence-corrected chi connectivity index (χ2v) is 15.2. The third kappa shape index (κ3) is 12.8. The van der Waals surface area contributed by atoms with E-state index in [0.717, 1.165) is 20.0 Å². The zero-order valence-electron chi connectivity index (χ0n) is 23.8. The van der Waals surface area contributed by atoms with Crippen molar-refractivity contribution in [3.63, 3.8) is 0 Å². The molecule has 0 radical (unpaired) electrons. The van der Waals surface area contributed by atoms with Crippen molar-refractivity contribution in [2.75, 3.05) is 25.0 Å². The molecule has 0 aliphatic heterocycles. The largest absolute Gasteiger partial charge is 0.255 e. The maximum atomic E-state index is 11.1. The standard InChI is InChI=1S/C8H7NOS2.2C8H10OS.C6H7NOS/c1-12(10)8-9-6-4-2-3-5-7(6)11-8;2*1-7-3-5-8(6-4-7)10(2)9;1-9(8)6-4-2-3-5-7-6/h2-5H,1H3;2*3-6H,1-2H3;2-5H,1H3. The Labute approximate surface area is 256 Å². The highest BCUT2D eigenvalue weighted by Crippen LogP contribution is 2.23. The molecule has 0 fully saturated rings. The van der Waals surface area contributed by atoms with Crippen LogP contribution < -0.4 is 0 Å². The van der Waals surface area contributed by atoms with Crippen molar-refractivity contribution in [2.24, 2.45) is 0 Å². The second-order valence-electron chi connectivity index (χ2n) is 8.56. The van der Waals surface area contributed by atoms with Crippen LogP contribution in [0.15, 0.2) is 116 Å². The molecular formula is C30H34N2O4S5. The van der Waals surface area contributed by atoms with Crippen LogP contribution in [0.5, 0.6) is 0 Å². The predicted molar refractivity (Wildman–Crippen MR) is 176 cm³/mol. The van der Waals surface area contributed by atoms with E-state index >= 15 is 0 Å². The summed E-state index contributed by atoms with van der Waals surface area (Å²) in [5.41, 5.74) is 3.34. The van der Waals surface area contributed by atoms with E-state index in [2.05, 4.69) is 9.97 Å². The van der Waals surface area contributed by atoms with E-state index in [4.69, 9.17) is 0 Å². The van der Waals surface area contributed by atoms with E-state index in [1.165, 1.54) is 22.5 Å². The van der Waals surface area contributed by atoms with E-state index in [1.807, 2.05) is 92.7 Å². The number of nitrogens with zero attached hydrogens (tertiary/aromatic N) is 2. The second kappa shape index (κ2) is 18.0. The Bertz CT molecular complexity index is 1520. The van der Waals surface area contributed by atoms with Crippen molar-refractivity contribution in [3.8, 4) is 0 Å². The molecule has 6 nitrogen and oxygen atoms in total. The van der Waals surface area contributed by atoms with Crippen LogP contribution in [0.1, 0.15) is 11.1 Å². The lowest BCUT2D eigenvalue weighted by atomic mass is 10.2. The first-order chi connectivity index (χ1) is 19.5. The van der Waals surface area contributed by atoms with E-state index in [1.54, 1.807) is 43.4 Å². The van der Waals surface area contributed by atoms with Gasteiger partial charge in [0.15, 0.2) is 4.34 Å². The number of para-hydroxylation sites is 1. The number of aromatic nitrogens is 2. The molecule has 218 valence electrons. The molecule has 41 heavy (non-hydrogen) atoms. The normalized spacial score (nSPS) is 13.1. The molecule has 0 aliphatic rings. The van der Waals surface area contributed by atoms with Crippen LogP contribution in [0.4, 0.5) is 0 Å². The molecule has 2 heterocycles. The van der Waals surface area contributed by atoms with Crippen LogP contribution in [-0.2, 0) is 43.2 Å². The molecule has 0 bridgehead atoms. The van der Waals surface area contributed by atoms with Gasteiger partial charge in [-0.2, -0.15) is 0 Å². The topological polar surface area (TPSA) is 94.1 Å². The van der Waals surface area contributed by atoms with E-state index in [9.17, 15) is 16.8 Å². The molecule has 0 amide bonds. The minimum Gasteiger partial charge on any atom is -0.255 e. The number of pyridine rings is 1. The third-order valence-corrected chi connectivity index (χ3v) is 10.2. The first-order valence-corrected chi connectivity index (χ1v) is 19.3. The fraction of sp³-hybridized carbons (Fsp3) is 0.200. The summed E-state index contributed by atoms with van der Waals surface area (Å²) < 4.78 is 45.3. The molecule has 0 N–H and O–H groups in total. The van der Waals surface area contributed by atoms with Crippen molar-refractivity contribution in [1.82, 2.24) is 9.97 Å². The summed E-state index contributed by atoms with van der Waals surface area (Å²) in [4.78, 5) is 9.90. The lowest BCUT2D eigenvalue weighted by molar-refractivity contribution is 0.683. The molecular weight excluding hydrogens is 613 g/mol. The van der Waals surface area contributed by atoms with Gasteiger partial charge in [-0.3, -0.25) is 16.8 Å². The van der Waals surface area contributed by atoms with Crippen LogP contribution in [0.3, 0.4) is 0 Å². The number of hydrogen-bond donors (Lipinski definition) is 0. The Kier molecular flexibility index (Phi) is 15.1. The molecule has 4 atom stereocenters. The van der Waals surface area contributed by atoms with Crippen molar-refractivity contribution in [2.45, 2.75) is 33.0 Å². The number of benzene rings is 3. The van der Waals surface area contributed by atoms with Gasteiger partial charge in [0.05, 0.1) is 31.8 Å². The molecule has 0 saturated carbocycles. The van der Waals surface area contributed by atoms with Crippen molar-refractivity contribution >= 4 is 64.8 Å². The lowest BCUT2D eigenvalue weighted by Crippen LogP contribution is -1.88. The smallest absolute Gasteiger partial charge is 0.181 e. The molecule has 0 aliphatic carbocycles. The highest BCUT2D eigenvalue weighted by molar-refractivity contribution is 7.86. The molecule has 3 aromatic carbocycles. The van der Waals surface area contributed by atoms with Gasteiger partial charge >= 0.3 is 0 Å². The Balaban J connectivity index is 0.000000192. The Morgan fingerprint density at radius 1 is 0.561 bits per heavy atom. The van der Waals surface area contributed by atoms with Gasteiger partial charge in [-0.1, -0.05) is 53.6 Å². The highest BCUT2D eigenvalue weighted by atomic mass is 32.2. The average Bonchev–Trinajstić information content (AvgIpc) is 3.40. The van der Waals surface area contributed by atoms with Gasteiger partial charge in [-0.05, 0) is 62.4 Å². The van der Waals surface area contributed by atoms with Crippen LogP contribution >= 0.6 is 11.3 Å². The first kappa shape index (κ1) is 34.5. The quantitative estimate of drug-likeness (QED) is 0.227. The number of aryl methyl sites for hydroxylation is 2. The van der Waals surface area contributed by atoms with Gasteiger partial charge in [-0.15, -0.1) is 11.3 Å². The third-order valence-electron chi connectivity index (χ3n) is 5.16. The van der Waals surface area contributed by atoms with Crippen molar-refractivity contribution in [3.05, 3.63) is 108 Å². The average molecular weight is 647 g/mol. The van der Waals surface area contributed by atoms with Gasteiger partial charge in [0.2, 0.25) is 0 Å². The van der Waals surface area contributed by atoms with Crippen LogP contribution in [0.25, 0.3) is 10.2 Å². The summed E-state index contributed by atoms with van der Waals surface area (Å²) in [6.07, 6.45) is 8.27. The summed E-state index contributed by atoms with van der Waals surface area (Å²) in [5, 5.41) is 0.637. The molecule has 4 unspecified atom stereocenters. The van der Waals surface area contributed by atoms with Gasteiger partial charge in [0.1, 0.15) is 5.03 Å². The van der Waals surface area contributed by atoms with E-state index < -0.39 is 43.2 Å². The maximum Gasteiger partial charge on any atom is 0.181 e. The van der Waals surface area contributed by atoms with Crippen LogP contribution in [0.2, 0.25) is 0 Å². The minimum atomic E-state index is -0.954. The number of fused-ring (bicyclic) bond motifs is 1. The van der Waals surface area contributed by atoms with Crippen molar-refractivity contribution < 1.29 is 16.8 Å². The SMILES string of the molecule is CS(=O)c1ccccn1.CS(=O)c1nc2ccccc2s1.Cc1ccc(S(C)=O)cc1.Cc1ccc(S(C)=O)cc1. The number of thiazole rings is 1. The Morgan fingerprint density at radius 3 is 1.41 bits per heavy atom. The van der Waals surface area contributed by atoms with Gasteiger partial charge in [0.25, 0.3) is 0 Å². The zero-order valence-corrected chi connectivity index (χ0v) is 27.9. The lowest BCUT2D eigenvalue weighted by Gasteiger charge is -1.94. The van der Waals surface area contributed by atoms with Gasteiger partial charge in [-0.25, -0.2) is 9.97 Å². The van der Waals surface area contributed by atoms with Gasteiger partial charge in [0, 0.05) is 62.6 Å². The van der Waals surface area contributed by atoms with Crippen LogP contribution in [-0.4, -0.2) is 51.8 Å². The molecule has 5 aromatic rings. The summed E-state index contributed by atoms with van der Waals surface area (Å²) in [6, 6.07) is 28.6. The fourth-order valence-electron chi connectivity index (χ4n) is 2.95. The predicted octanol–water partition coefficient (Wildman–Crippen LogP) is 6.32. The summed E-state index contributed by atoms with van der Waals surface area (Å²) in [5.74, 6) is 0. The molecule has 0 spiro atoms. The van der Waals surface area contributed by atoms with E-state index in [-0.39, 0.29) is 0 Å². The monoisotopic (exact) mass is 646 g/mol. The summed E-state index contributed by atoms with van der Waals surface area (Å²) >= 11 is 1.49. The summed E-state index contributed by atoms with van der Waals surface area (Å²) in [7, 11) is -3.57. The zero-order chi connectivity index (χ0) is 30.4. The summed E-state index contributed by atoms with van der Waals surface area (Å²) in [6.45, 7) is 4.03. The number of hydrogen-bond acceptors (Lipinski definition) is 7. The van der Waals surface area contributed by atoms with Crippen molar-refractivity contribution in [1.29, 1.82) is 0 Å². The highest BCUT2D eigenvalue weighted by Gasteiger charge is 2.04. The fourth-order valence-corrected chi connectivity index (χ4v) is 6.13. The Hall–Kier alpha value is -2.70. The maximum absolute atomic E-state index is 11.1. The first-order valence-electron chi connectivity index (χ1n) is 12.2. The number of rotatable bonds is 4. The molecule has 5 rings (SSSR count).